The van der Waals surface area contributed by atoms with Gasteiger partial charge in [0.25, 0.3) is 11.8 Å². The number of aliphatic carboxylic acids is 2. The first-order valence-corrected chi connectivity index (χ1v) is 15.7. The molecule has 2 aromatic heterocycles. The Kier molecular flexibility index (Phi) is 8.25. The smallest absolute Gasteiger partial charge is 0.352 e. The molecule has 1 unspecified atom stereocenters. The van der Waals surface area contributed by atoms with Crippen LogP contribution in [0.2, 0.25) is 0 Å². The molecule has 5 heterocycles. The van der Waals surface area contributed by atoms with Crippen LogP contribution >= 0.6 is 46.2 Å². The first-order valence-electron chi connectivity index (χ1n) is 11.9. The molecule has 1 saturated heterocycles. The molecule has 5 N–H and O–H groups in total. The number of nitrogen functional groups attached to an aromatic ring is 1. The Morgan fingerprint density at radius 3 is 2.80 bits per heavy atom. The highest BCUT2D eigenvalue weighted by atomic mass is 32.2. The van der Waals surface area contributed by atoms with Crippen LogP contribution in [0.15, 0.2) is 32.3 Å². The number of thiazole rings is 2. The maximum absolute atomic E-state index is 13.1. The fourth-order valence-corrected chi connectivity index (χ4v) is 8.18. The van der Waals surface area contributed by atoms with Crippen molar-refractivity contribution in [2.45, 2.75) is 35.3 Å². The van der Waals surface area contributed by atoms with Gasteiger partial charge in [-0.05, 0) is 18.6 Å². The molecule has 0 aliphatic carbocycles. The molecule has 216 valence electrons. The first-order chi connectivity index (χ1) is 19.5. The van der Waals surface area contributed by atoms with Gasteiger partial charge in [-0.25, -0.2) is 19.6 Å². The number of hydrogen-bond donors (Lipinski definition) is 4. The molecule has 1 fully saturated rings. The number of β-lactam (4-membered cyclic amide) rings is 1. The van der Waals surface area contributed by atoms with E-state index in [1.807, 2.05) is 24.2 Å². The van der Waals surface area contributed by atoms with E-state index >= 15 is 0 Å². The third-order valence-electron chi connectivity index (χ3n) is 6.12. The molecule has 0 bridgehead atoms. The topological polar surface area (TPSA) is 201 Å². The molecule has 0 aromatic carbocycles. The van der Waals surface area contributed by atoms with Crippen LogP contribution in [0.1, 0.15) is 23.2 Å². The number of nitrogens with one attached hydrogen (secondary N) is 1. The van der Waals surface area contributed by atoms with Crippen molar-refractivity contribution in [2.75, 3.05) is 24.3 Å². The summed E-state index contributed by atoms with van der Waals surface area (Å²) in [4.78, 5) is 67.5. The van der Waals surface area contributed by atoms with E-state index in [-0.39, 0.29) is 22.2 Å². The van der Waals surface area contributed by atoms with Crippen LogP contribution < -0.4 is 11.1 Å². The summed E-state index contributed by atoms with van der Waals surface area (Å²) in [6.07, 6.45) is 2.62. The molecule has 3 aliphatic rings. The number of carboxylic acids is 2. The quantitative estimate of drug-likeness (QED) is 0.126. The minimum atomic E-state index is -1.35. The van der Waals surface area contributed by atoms with Crippen molar-refractivity contribution in [1.29, 1.82) is 0 Å². The number of hydrogen-bond acceptors (Lipinski definition) is 14. The number of thioether (sulfide) groups is 2. The molecule has 0 saturated carbocycles. The maximum Gasteiger partial charge on any atom is 0.352 e. The second-order valence-electron chi connectivity index (χ2n) is 9.03. The van der Waals surface area contributed by atoms with Crippen LogP contribution in [-0.4, -0.2) is 95.5 Å². The Balaban J connectivity index is 1.29. The van der Waals surface area contributed by atoms with E-state index in [2.05, 4.69) is 20.4 Å². The number of oxime groups is 1. The number of carbonyl (C=O) groups is 4. The number of aromatic nitrogens is 2. The molecule has 3 aliphatic heterocycles. The first kappa shape index (κ1) is 28.9. The Labute approximate surface area is 249 Å². The lowest BCUT2D eigenvalue weighted by atomic mass is 10.0. The van der Waals surface area contributed by atoms with E-state index in [9.17, 15) is 24.3 Å². The standard InChI is InChI=1S/C23H23N7O7S4/c1-9(20(33)34)37-28-14(12-8-39-22(24)25-12)17(31)27-15-18(32)30-16(21(35)36)10(6-38-19(15)30)7-40-23-26-11-5-29(2)4-3-13(11)41-23/h3-4,8-9,15,19H,5-7H2,1-2H3,(H2,24,25)(H,27,31)(H,33,34)(H,35,36)/b28-14-/t9-,15?,19+/m0/s1. The maximum atomic E-state index is 13.1. The molecule has 18 heteroatoms. The fourth-order valence-electron chi connectivity index (χ4n) is 4.06. The molecule has 14 nitrogen and oxygen atoms in total. The van der Waals surface area contributed by atoms with Crippen molar-refractivity contribution in [3.8, 4) is 0 Å². The number of carbonyl (C=O) groups excluding carboxylic acids is 2. The number of nitrogens with zero attached hydrogens (tertiary/aromatic N) is 5. The molecule has 41 heavy (non-hydrogen) atoms. The average Bonchev–Trinajstić information content (AvgIpc) is 3.54. The Bertz CT molecular complexity index is 1520. The van der Waals surface area contributed by atoms with Gasteiger partial charge in [0.15, 0.2) is 15.2 Å². The zero-order valence-electron chi connectivity index (χ0n) is 21.5. The highest BCUT2D eigenvalue weighted by Crippen LogP contribution is 2.42. The summed E-state index contributed by atoms with van der Waals surface area (Å²) in [5, 5.41) is 26.2. The highest BCUT2D eigenvalue weighted by Gasteiger charge is 2.54. The van der Waals surface area contributed by atoms with E-state index < -0.39 is 41.3 Å². The van der Waals surface area contributed by atoms with Crippen LogP contribution in [0.4, 0.5) is 5.13 Å². The number of fused-ring (bicyclic) bond motifs is 2. The van der Waals surface area contributed by atoms with Gasteiger partial charge >= 0.3 is 11.9 Å². The van der Waals surface area contributed by atoms with Gasteiger partial charge in [0, 0.05) is 30.1 Å². The van der Waals surface area contributed by atoms with Crippen molar-refractivity contribution < 1.29 is 34.2 Å². The zero-order valence-corrected chi connectivity index (χ0v) is 24.7. The van der Waals surface area contributed by atoms with Gasteiger partial charge in [0.05, 0.1) is 17.1 Å². The summed E-state index contributed by atoms with van der Waals surface area (Å²) in [6, 6.07) is -1.04. The predicted molar refractivity (Wildman–Crippen MR) is 154 cm³/mol. The molecule has 5 rings (SSSR count). The number of carboxylic acid groups (broad SMARTS) is 2. The third kappa shape index (κ3) is 5.90. The van der Waals surface area contributed by atoms with Gasteiger partial charge in [0.2, 0.25) is 6.10 Å². The SMILES string of the molecule is C[C@H](O/N=C(\C(=O)NC1C(=O)N2C(C(=O)O)=C(CSc3nc4c(s3)C=CN(C)C4)CS[C@H]12)c1csc(N)n1)C(=O)O. The lowest BCUT2D eigenvalue weighted by molar-refractivity contribution is -0.150. The normalized spacial score (nSPS) is 20.7. The summed E-state index contributed by atoms with van der Waals surface area (Å²) in [7, 11) is 1.96. The van der Waals surface area contributed by atoms with Gasteiger partial charge in [-0.2, -0.15) is 0 Å². The lowest BCUT2D eigenvalue weighted by Crippen LogP contribution is -2.71. The highest BCUT2D eigenvalue weighted by molar-refractivity contribution is 8.01. The Hall–Kier alpha value is -3.61. The van der Waals surface area contributed by atoms with E-state index in [0.717, 1.165) is 26.2 Å². The number of nitrogens with two attached hydrogens (primary N) is 1. The summed E-state index contributed by atoms with van der Waals surface area (Å²) >= 11 is 5.32. The number of amides is 2. The van der Waals surface area contributed by atoms with Crippen molar-refractivity contribution in [3.05, 3.63) is 39.1 Å². The predicted octanol–water partition coefficient (Wildman–Crippen LogP) is 1.32. The van der Waals surface area contributed by atoms with Crippen molar-refractivity contribution in [1.82, 2.24) is 25.1 Å². The summed E-state index contributed by atoms with van der Waals surface area (Å²) < 4.78 is 0.813. The van der Waals surface area contributed by atoms with Crippen molar-refractivity contribution in [3.63, 3.8) is 0 Å². The van der Waals surface area contributed by atoms with Gasteiger partial charge in [-0.1, -0.05) is 16.9 Å². The molecule has 3 atom stereocenters. The molecule has 2 amide bonds. The third-order valence-corrected chi connectivity index (χ3v) is 10.4. The minimum Gasteiger partial charge on any atom is -0.478 e. The largest absolute Gasteiger partial charge is 0.478 e. The molecule has 2 aromatic rings. The number of rotatable bonds is 10. The van der Waals surface area contributed by atoms with Crippen LogP contribution in [0.3, 0.4) is 0 Å². The van der Waals surface area contributed by atoms with Gasteiger partial charge in [-0.15, -0.1) is 34.4 Å². The van der Waals surface area contributed by atoms with E-state index in [4.69, 9.17) is 15.7 Å². The summed E-state index contributed by atoms with van der Waals surface area (Å²) in [5.41, 5.74) is 6.80. The van der Waals surface area contributed by atoms with Crippen molar-refractivity contribution in [2.24, 2.45) is 5.16 Å². The summed E-state index contributed by atoms with van der Waals surface area (Å²) in [6.45, 7) is 1.93. The number of anilines is 1. The lowest BCUT2D eigenvalue weighted by Gasteiger charge is -2.49. The van der Waals surface area contributed by atoms with Crippen LogP contribution in [0, 0.1) is 0 Å². The summed E-state index contributed by atoms with van der Waals surface area (Å²) in [5.74, 6) is -3.29. The molecule has 0 spiro atoms. The second-order valence-corrected chi connectivity index (χ2v) is 13.3. The Morgan fingerprint density at radius 2 is 2.12 bits per heavy atom. The van der Waals surface area contributed by atoms with Gasteiger partial charge < -0.3 is 31.0 Å². The van der Waals surface area contributed by atoms with Crippen molar-refractivity contribution >= 4 is 86.9 Å². The van der Waals surface area contributed by atoms with Crippen LogP contribution in [0.25, 0.3) is 6.08 Å². The second kappa shape index (κ2) is 11.7. The molecule has 0 radical (unpaired) electrons. The van der Waals surface area contributed by atoms with E-state index in [0.29, 0.717) is 23.6 Å². The van der Waals surface area contributed by atoms with Crippen LogP contribution in [-0.2, 0) is 30.6 Å². The van der Waals surface area contributed by atoms with E-state index in [1.54, 1.807) is 0 Å². The van der Waals surface area contributed by atoms with Gasteiger partial charge in [-0.3, -0.25) is 14.5 Å². The molecular formula is C23H23N7O7S4. The molecular weight excluding hydrogens is 615 g/mol. The van der Waals surface area contributed by atoms with Crippen LogP contribution in [0.5, 0.6) is 0 Å². The monoisotopic (exact) mass is 637 g/mol. The Morgan fingerprint density at radius 1 is 1.34 bits per heavy atom. The average molecular weight is 638 g/mol. The zero-order chi connectivity index (χ0) is 29.4. The minimum absolute atomic E-state index is 0.0407. The van der Waals surface area contributed by atoms with E-state index in [1.165, 1.54) is 52.1 Å². The van der Waals surface area contributed by atoms with Gasteiger partial charge in [0.1, 0.15) is 22.8 Å². The fraction of sp³-hybridized carbons (Fsp3) is 0.348.